The summed E-state index contributed by atoms with van der Waals surface area (Å²) >= 11 is 0. The number of carbonyl (C=O) groups is 1. The number of phenolic OH excluding ortho intramolecular Hbond substituents is 5. The van der Waals surface area contributed by atoms with Crippen LogP contribution in [0.5, 0.6) is 46.0 Å². The first-order valence-electron chi connectivity index (χ1n) is 20.5. The van der Waals surface area contributed by atoms with Crippen molar-refractivity contribution in [3.63, 3.8) is 0 Å². The van der Waals surface area contributed by atoms with Crippen molar-refractivity contribution in [3.8, 4) is 46.0 Å². The predicted octanol–water partition coefficient (Wildman–Crippen LogP) is -2.06. The van der Waals surface area contributed by atoms with E-state index in [1.807, 2.05) is 0 Å². The Kier molecular flexibility index (Phi) is 15.2. The first-order chi connectivity index (χ1) is 31.9. The maximum Gasteiger partial charge on any atom is 0.330 e. The quantitative estimate of drug-likeness (QED) is 0.0357. The smallest absolute Gasteiger partial charge is 0.330 e. The van der Waals surface area contributed by atoms with Gasteiger partial charge in [-0.2, -0.15) is 0 Å². The van der Waals surface area contributed by atoms with Crippen molar-refractivity contribution in [1.82, 2.24) is 0 Å². The van der Waals surface area contributed by atoms with Crippen LogP contribution < -0.4 is 9.47 Å². The normalized spacial score (nSPS) is 33.0. The molecule has 4 heterocycles. The van der Waals surface area contributed by atoms with Crippen molar-refractivity contribution in [3.05, 3.63) is 71.0 Å². The number of benzene rings is 3. The summed E-state index contributed by atoms with van der Waals surface area (Å²) in [6, 6.07) is 8.76. The highest BCUT2D eigenvalue weighted by molar-refractivity contribution is 5.87. The molecule has 0 saturated carbocycles. The first kappa shape index (κ1) is 49.2. The Hall–Kier alpha value is -5.71. The molecular weight excluding hydrogens is 900 g/mol. The number of rotatable bonds is 14. The summed E-state index contributed by atoms with van der Waals surface area (Å²) in [7, 11) is 2.64. The van der Waals surface area contributed by atoms with Gasteiger partial charge in [0.2, 0.25) is 12.0 Å². The minimum absolute atomic E-state index is 0.0306. The fourth-order valence-corrected chi connectivity index (χ4v) is 7.57. The molecule has 0 spiro atoms. The zero-order chi connectivity index (χ0) is 48.4. The van der Waals surface area contributed by atoms with E-state index in [2.05, 4.69) is 4.74 Å². The van der Waals surface area contributed by atoms with Gasteiger partial charge in [-0.1, -0.05) is 0 Å². The molecule has 67 heavy (non-hydrogen) atoms. The topological polar surface area (TPSA) is 376 Å². The van der Waals surface area contributed by atoms with Crippen molar-refractivity contribution < 1.29 is 119 Å². The van der Waals surface area contributed by atoms with E-state index in [4.69, 9.17) is 42.6 Å². The number of phenols is 5. The van der Waals surface area contributed by atoms with E-state index in [1.54, 1.807) is 0 Å². The van der Waals surface area contributed by atoms with Crippen LogP contribution >= 0.6 is 0 Å². The SMILES string of the molecule is COc1cc(/C=C/C(=O)OC[C@H]2O[C@@H](OC[C@@H]3O[C@@H](OC4=Cc5c(O)cc(O)cc5[OH+]C4c4ccc(O)c(O)c4)[C@@H](O[C@@H]4OC[C@@H](O)[C@@H](O)[C@H]4O)[C@@H](O)[C@H]3O)[C@@H](O)[C@@H](O)[C@@H]2O)cc(OC)c1O. The van der Waals surface area contributed by atoms with Gasteiger partial charge >= 0.3 is 5.97 Å². The van der Waals surface area contributed by atoms with E-state index in [0.29, 0.717) is 5.56 Å². The van der Waals surface area contributed by atoms with E-state index in [1.165, 1.54) is 50.6 Å². The van der Waals surface area contributed by atoms with Gasteiger partial charge in [-0.15, -0.1) is 0 Å². The Morgan fingerprint density at radius 1 is 0.716 bits per heavy atom. The lowest BCUT2D eigenvalue weighted by atomic mass is 9.97. The highest BCUT2D eigenvalue weighted by atomic mass is 16.8. The molecule has 0 amide bonds. The molecule has 14 N–H and O–H groups in total. The van der Waals surface area contributed by atoms with Crippen molar-refractivity contribution in [2.75, 3.05) is 34.0 Å². The molecule has 4 aliphatic rings. The van der Waals surface area contributed by atoms with Gasteiger partial charge in [0, 0.05) is 18.2 Å². The molecule has 24 heteroatoms. The van der Waals surface area contributed by atoms with Gasteiger partial charge in [0.15, 0.2) is 47.4 Å². The Labute approximate surface area is 379 Å². The summed E-state index contributed by atoms with van der Waals surface area (Å²) < 4.78 is 55.0. The number of fused-ring (bicyclic) bond motifs is 1. The second-order valence-electron chi connectivity index (χ2n) is 15.8. The molecule has 0 aromatic heterocycles. The lowest BCUT2D eigenvalue weighted by Crippen LogP contribution is -2.64. The molecule has 0 aliphatic carbocycles. The molecule has 24 nitrogen and oxygen atoms in total. The molecular formula is C43H51O24+. The Morgan fingerprint density at radius 3 is 2.06 bits per heavy atom. The maximum absolute atomic E-state index is 12.7. The lowest BCUT2D eigenvalue weighted by molar-refractivity contribution is -0.360. The van der Waals surface area contributed by atoms with E-state index in [9.17, 15) is 71.2 Å². The Balaban J connectivity index is 1.10. The minimum atomic E-state index is -2.02. The first-order valence-corrected chi connectivity index (χ1v) is 20.5. The summed E-state index contributed by atoms with van der Waals surface area (Å²) in [5.41, 5.74) is 0.591. The average molecular weight is 952 g/mol. The number of methoxy groups -OCH3 is 2. The Bertz CT molecular complexity index is 2260. The van der Waals surface area contributed by atoms with Crippen LogP contribution in [0.3, 0.4) is 0 Å². The second-order valence-corrected chi connectivity index (χ2v) is 15.8. The van der Waals surface area contributed by atoms with E-state index in [0.717, 1.165) is 24.3 Å². The Morgan fingerprint density at radius 2 is 1.37 bits per heavy atom. The predicted molar refractivity (Wildman–Crippen MR) is 220 cm³/mol. The molecule has 7 rings (SSSR count). The molecule has 3 saturated heterocycles. The van der Waals surface area contributed by atoms with Crippen LogP contribution in [0.25, 0.3) is 12.2 Å². The fraction of sp³-hybridized carbons (Fsp3) is 0.465. The van der Waals surface area contributed by atoms with Gasteiger partial charge in [-0.05, 0) is 42.0 Å². The number of esters is 1. The van der Waals surface area contributed by atoms with Gasteiger partial charge < -0.3 is 114 Å². The molecule has 1 unspecified atom stereocenters. The fourth-order valence-electron chi connectivity index (χ4n) is 7.57. The van der Waals surface area contributed by atoms with Gasteiger partial charge in [0.25, 0.3) is 11.9 Å². The molecule has 366 valence electrons. The summed E-state index contributed by atoms with van der Waals surface area (Å²) in [5.74, 6) is -3.03. The van der Waals surface area contributed by atoms with Crippen LogP contribution in [0.15, 0.2) is 54.3 Å². The van der Waals surface area contributed by atoms with E-state index >= 15 is 0 Å². The number of ether oxygens (including phenoxy) is 10. The average Bonchev–Trinajstić information content (AvgIpc) is 3.30. The van der Waals surface area contributed by atoms with Crippen LogP contribution in [-0.2, 0) is 38.0 Å². The number of aliphatic hydroxyl groups is 9. The zero-order valence-electron chi connectivity index (χ0n) is 35.4. The molecule has 3 aromatic carbocycles. The van der Waals surface area contributed by atoms with Gasteiger partial charge in [-0.25, -0.2) is 4.79 Å². The van der Waals surface area contributed by atoms with Crippen molar-refractivity contribution in [1.29, 1.82) is 0 Å². The highest BCUT2D eigenvalue weighted by Gasteiger charge is 2.52. The van der Waals surface area contributed by atoms with Crippen LogP contribution in [0.1, 0.15) is 22.8 Å². The zero-order valence-corrected chi connectivity index (χ0v) is 35.4. The number of carbonyl (C=O) groups excluding carboxylic acids is 1. The summed E-state index contributed by atoms with van der Waals surface area (Å²) in [6.45, 7) is -1.96. The van der Waals surface area contributed by atoms with Crippen molar-refractivity contribution >= 4 is 18.1 Å². The molecule has 3 aromatic rings. The van der Waals surface area contributed by atoms with Gasteiger partial charge in [0.05, 0.1) is 39.1 Å². The minimum Gasteiger partial charge on any atom is -0.571 e. The highest BCUT2D eigenvalue weighted by Crippen LogP contribution is 2.47. The van der Waals surface area contributed by atoms with E-state index < -0.39 is 135 Å². The van der Waals surface area contributed by atoms with Crippen LogP contribution in [0.4, 0.5) is 0 Å². The number of aromatic hydroxyl groups is 6. The van der Waals surface area contributed by atoms with Crippen molar-refractivity contribution in [2.24, 2.45) is 0 Å². The summed E-state index contributed by atoms with van der Waals surface area (Å²) in [5, 5.41) is 138. The molecule has 4 aliphatic heterocycles. The second kappa shape index (κ2) is 20.7. The van der Waals surface area contributed by atoms with Crippen molar-refractivity contribution in [2.45, 2.75) is 92.1 Å². The number of aliphatic hydroxyl groups excluding tert-OH is 8. The maximum atomic E-state index is 12.7. The third kappa shape index (κ3) is 10.6. The lowest BCUT2D eigenvalue weighted by Gasteiger charge is -2.46. The third-order valence-electron chi connectivity index (χ3n) is 11.3. The van der Waals surface area contributed by atoms with Crippen LogP contribution in [0.2, 0.25) is 0 Å². The molecule has 0 radical (unpaired) electrons. The largest absolute Gasteiger partial charge is 0.571 e. The number of hydrogen-bond acceptors (Lipinski definition) is 23. The van der Waals surface area contributed by atoms with Crippen LogP contribution in [-0.4, -0.2) is 197 Å². The molecule has 0 bridgehead atoms. The van der Waals surface area contributed by atoms with Gasteiger partial charge in [0.1, 0.15) is 84.7 Å². The molecule has 15 atom stereocenters. The summed E-state index contributed by atoms with van der Waals surface area (Å²) in [6.07, 6.45) is -22.8. The standard InChI is InChI=1S/C43H50O24/c1-58-25-7-16(8-26(59-2)32(25)51)3-6-30(49)60-14-28-33(52)35(54)38(57)41(65-28)62-15-29-34(53)36(55)40(67-42-37(56)31(50)23(48)13-61-42)43(66-29)64-27-12-19-21(46)10-18(44)11-24(19)63-39(27)17-4-5-20(45)22(47)9-17/h3-12,23,28-29,31,33-48,50-57H,13-15H2,1-2H3/p+1/b6-3+/t23-,28-,29+,31-,33-,34+,35+,36+,37-,38+,39?,40+,41-,42+,43-/m1/s1. The third-order valence-corrected chi connectivity index (χ3v) is 11.3. The van der Waals surface area contributed by atoms with E-state index in [-0.39, 0.29) is 45.6 Å². The van der Waals surface area contributed by atoms with Gasteiger partial charge in [-0.3, -0.25) is 0 Å². The molecule has 3 fully saturated rings. The number of hydrogen-bond donors (Lipinski definition) is 13. The van der Waals surface area contributed by atoms with Crippen LogP contribution in [0, 0.1) is 0 Å². The summed E-state index contributed by atoms with van der Waals surface area (Å²) in [4.78, 5) is 12.7. The monoisotopic (exact) mass is 951 g/mol.